The molecule has 4 heteroatoms. The lowest BCUT2D eigenvalue weighted by Gasteiger charge is -2.19. The Balaban J connectivity index is 2.39. The molecular formula is C21H20O3S. The molecular weight excluding hydrogens is 332 g/mol. The summed E-state index contributed by atoms with van der Waals surface area (Å²) in [5.41, 5.74) is 3.29. The zero-order chi connectivity index (χ0) is 18.1. The lowest BCUT2D eigenvalue weighted by Crippen LogP contribution is -2.02. The molecule has 0 bridgehead atoms. The Labute approximate surface area is 147 Å². The van der Waals surface area contributed by atoms with Crippen molar-refractivity contribution in [3.8, 4) is 0 Å². The van der Waals surface area contributed by atoms with Gasteiger partial charge in [-0.3, -0.25) is 4.55 Å². The minimum absolute atomic E-state index is 0.0143. The van der Waals surface area contributed by atoms with Gasteiger partial charge in [0.05, 0.1) is 0 Å². The first kappa shape index (κ1) is 16.3. The van der Waals surface area contributed by atoms with Gasteiger partial charge in [-0.1, -0.05) is 44.2 Å². The smallest absolute Gasteiger partial charge is 0.282 e. The van der Waals surface area contributed by atoms with Crippen LogP contribution in [0.25, 0.3) is 32.3 Å². The topological polar surface area (TPSA) is 54.4 Å². The second-order valence-corrected chi connectivity index (χ2v) is 8.57. The van der Waals surface area contributed by atoms with Crippen molar-refractivity contribution in [3.05, 3.63) is 53.1 Å². The van der Waals surface area contributed by atoms with Crippen LogP contribution in [0.4, 0.5) is 0 Å². The molecule has 0 aromatic heterocycles. The predicted octanol–water partition coefficient (Wildman–Crippen LogP) is 5.57. The highest BCUT2D eigenvalue weighted by molar-refractivity contribution is 7.86. The van der Waals surface area contributed by atoms with E-state index in [-0.39, 0.29) is 4.90 Å². The van der Waals surface area contributed by atoms with Gasteiger partial charge in [0.25, 0.3) is 10.1 Å². The van der Waals surface area contributed by atoms with Crippen LogP contribution in [0.3, 0.4) is 0 Å². The summed E-state index contributed by atoms with van der Waals surface area (Å²) in [6.07, 6.45) is 0. The van der Waals surface area contributed by atoms with Crippen molar-refractivity contribution < 1.29 is 13.0 Å². The molecule has 4 aromatic rings. The molecule has 0 radical (unpaired) electrons. The maximum atomic E-state index is 11.9. The number of benzene rings is 4. The summed E-state index contributed by atoms with van der Waals surface area (Å²) in [6.45, 7) is 8.31. The molecule has 0 amide bonds. The van der Waals surface area contributed by atoms with Gasteiger partial charge in [0, 0.05) is 5.39 Å². The summed E-state index contributed by atoms with van der Waals surface area (Å²) < 4.78 is 33.6. The van der Waals surface area contributed by atoms with Crippen LogP contribution in [0.15, 0.2) is 41.3 Å². The van der Waals surface area contributed by atoms with Gasteiger partial charge in [-0.15, -0.1) is 0 Å². The fourth-order valence-electron chi connectivity index (χ4n) is 4.03. The molecule has 0 spiro atoms. The zero-order valence-corrected chi connectivity index (χ0v) is 15.5. The Morgan fingerprint density at radius 1 is 0.800 bits per heavy atom. The van der Waals surface area contributed by atoms with Crippen LogP contribution in [-0.4, -0.2) is 13.0 Å². The molecule has 0 aliphatic heterocycles. The van der Waals surface area contributed by atoms with Gasteiger partial charge in [0.2, 0.25) is 0 Å². The van der Waals surface area contributed by atoms with Gasteiger partial charge in [0.1, 0.15) is 4.90 Å². The lowest BCUT2D eigenvalue weighted by atomic mass is 9.86. The molecule has 0 aliphatic rings. The summed E-state index contributed by atoms with van der Waals surface area (Å²) >= 11 is 0. The average Bonchev–Trinajstić information content (AvgIpc) is 2.54. The molecule has 0 saturated heterocycles. The van der Waals surface area contributed by atoms with E-state index in [1.165, 1.54) is 11.1 Å². The van der Waals surface area contributed by atoms with Crippen molar-refractivity contribution in [2.75, 3.05) is 0 Å². The van der Waals surface area contributed by atoms with Crippen LogP contribution in [0.5, 0.6) is 0 Å². The highest BCUT2D eigenvalue weighted by Crippen LogP contribution is 2.42. The third-order valence-electron chi connectivity index (χ3n) is 5.21. The third-order valence-corrected chi connectivity index (χ3v) is 6.10. The molecule has 4 aromatic carbocycles. The fraction of sp³-hybridized carbons (Fsp3) is 0.238. The zero-order valence-electron chi connectivity index (χ0n) is 14.7. The van der Waals surface area contributed by atoms with Crippen LogP contribution in [0, 0.1) is 13.8 Å². The minimum Gasteiger partial charge on any atom is -0.282 e. The first-order valence-corrected chi connectivity index (χ1v) is 9.83. The largest absolute Gasteiger partial charge is 0.295 e. The van der Waals surface area contributed by atoms with Gasteiger partial charge >= 0.3 is 0 Å². The van der Waals surface area contributed by atoms with Crippen LogP contribution >= 0.6 is 0 Å². The molecule has 4 rings (SSSR count). The highest BCUT2D eigenvalue weighted by Gasteiger charge is 2.21. The molecule has 128 valence electrons. The summed E-state index contributed by atoms with van der Waals surface area (Å²) in [5.74, 6) is 0.366. The van der Waals surface area contributed by atoms with E-state index < -0.39 is 10.1 Å². The molecule has 0 saturated carbocycles. The molecule has 0 atom stereocenters. The van der Waals surface area contributed by atoms with Gasteiger partial charge in [-0.05, 0) is 69.5 Å². The van der Waals surface area contributed by atoms with Crippen molar-refractivity contribution in [2.24, 2.45) is 0 Å². The fourth-order valence-corrected chi connectivity index (χ4v) is 4.80. The second-order valence-electron chi connectivity index (χ2n) is 7.18. The average molecular weight is 352 g/mol. The number of hydrogen-bond acceptors (Lipinski definition) is 2. The lowest BCUT2D eigenvalue weighted by molar-refractivity contribution is 0.484. The SMILES string of the molecule is Cc1cc(C(C)C)c2ccc3c(S(=O)(=O)O)cc(C)c4ccc1c2c43. The van der Waals surface area contributed by atoms with Gasteiger partial charge in [-0.25, -0.2) is 0 Å². The van der Waals surface area contributed by atoms with E-state index in [4.69, 9.17) is 0 Å². The predicted molar refractivity (Wildman–Crippen MR) is 104 cm³/mol. The van der Waals surface area contributed by atoms with Crippen molar-refractivity contribution in [2.45, 2.75) is 38.5 Å². The Morgan fingerprint density at radius 2 is 1.28 bits per heavy atom. The Morgan fingerprint density at radius 3 is 1.84 bits per heavy atom. The minimum atomic E-state index is -4.29. The van der Waals surface area contributed by atoms with Crippen molar-refractivity contribution in [3.63, 3.8) is 0 Å². The van der Waals surface area contributed by atoms with E-state index in [2.05, 4.69) is 39.0 Å². The molecule has 3 nitrogen and oxygen atoms in total. The van der Waals surface area contributed by atoms with E-state index in [1.807, 2.05) is 19.1 Å². The molecule has 0 fully saturated rings. The van der Waals surface area contributed by atoms with E-state index in [1.54, 1.807) is 6.07 Å². The van der Waals surface area contributed by atoms with Gasteiger partial charge in [-0.2, -0.15) is 8.42 Å². The molecule has 0 heterocycles. The van der Waals surface area contributed by atoms with Crippen molar-refractivity contribution in [1.29, 1.82) is 0 Å². The maximum Gasteiger partial charge on any atom is 0.295 e. The van der Waals surface area contributed by atoms with Gasteiger partial charge < -0.3 is 0 Å². The quantitative estimate of drug-likeness (QED) is 0.379. The molecule has 1 N–H and O–H groups in total. The summed E-state index contributed by atoms with van der Waals surface area (Å²) in [4.78, 5) is -0.0143. The number of rotatable bonds is 2. The third kappa shape index (κ3) is 2.25. The van der Waals surface area contributed by atoms with Crippen LogP contribution in [0.1, 0.15) is 36.5 Å². The Bertz CT molecular complexity index is 1250. The Kier molecular flexibility index (Phi) is 3.37. The standard InChI is InChI=1S/C21H20O3S/c1-11(2)18-9-12(3)14-5-6-15-13(4)10-19(25(22,23)24)17-8-7-16(18)20(14)21(15)17/h5-11H,1-4H3,(H,22,23,24). The molecule has 0 aliphatic carbocycles. The number of hydrogen-bond donors (Lipinski definition) is 1. The first-order valence-electron chi connectivity index (χ1n) is 8.39. The normalized spacial score (nSPS) is 12.9. The monoisotopic (exact) mass is 352 g/mol. The first-order chi connectivity index (χ1) is 11.7. The van der Waals surface area contributed by atoms with Crippen molar-refractivity contribution in [1.82, 2.24) is 0 Å². The maximum absolute atomic E-state index is 11.9. The second kappa shape index (κ2) is 5.16. The van der Waals surface area contributed by atoms with E-state index in [0.717, 1.165) is 32.5 Å². The van der Waals surface area contributed by atoms with E-state index in [9.17, 15) is 13.0 Å². The summed E-state index contributed by atoms with van der Waals surface area (Å²) in [6, 6.07) is 11.8. The highest BCUT2D eigenvalue weighted by atomic mass is 32.2. The molecule has 0 unspecified atom stereocenters. The van der Waals surface area contributed by atoms with E-state index >= 15 is 0 Å². The summed E-state index contributed by atoms with van der Waals surface area (Å²) in [7, 11) is -4.29. The summed E-state index contributed by atoms with van der Waals surface area (Å²) in [5, 5.41) is 5.91. The van der Waals surface area contributed by atoms with Crippen LogP contribution in [0.2, 0.25) is 0 Å². The number of aryl methyl sites for hydroxylation is 2. The van der Waals surface area contributed by atoms with Gasteiger partial charge in [0.15, 0.2) is 0 Å². The van der Waals surface area contributed by atoms with E-state index in [0.29, 0.717) is 11.3 Å². The van der Waals surface area contributed by atoms with Crippen LogP contribution < -0.4 is 0 Å². The Hall–Kier alpha value is -2.17. The van der Waals surface area contributed by atoms with Crippen LogP contribution in [-0.2, 0) is 10.1 Å². The molecule has 25 heavy (non-hydrogen) atoms. The van der Waals surface area contributed by atoms with Crippen molar-refractivity contribution >= 4 is 42.4 Å².